The topological polar surface area (TPSA) is 55.8 Å². The standard InChI is InChI=1S/C18H34N6S/c1-6-19-18(21-12-17-22-16(13-25-17)14(2)3)20-11-15(4)24-9-7-23(5)8-10-24/h13-15H,6-12H2,1-5H3,(H2,19,20,21). The number of thiazole rings is 1. The molecule has 1 saturated heterocycles. The van der Waals surface area contributed by atoms with Crippen LogP contribution in [-0.4, -0.2) is 73.1 Å². The number of guanidine groups is 1. The van der Waals surface area contributed by atoms with Crippen LogP contribution in [0, 0.1) is 0 Å². The first-order chi connectivity index (χ1) is 12.0. The number of nitrogens with one attached hydrogen (secondary N) is 2. The molecule has 0 aliphatic carbocycles. The van der Waals surface area contributed by atoms with Crippen LogP contribution in [-0.2, 0) is 6.54 Å². The van der Waals surface area contributed by atoms with Gasteiger partial charge in [0, 0.05) is 50.7 Å². The molecular formula is C18H34N6S. The normalized spacial score (nSPS) is 18.6. The van der Waals surface area contributed by atoms with E-state index in [0.29, 0.717) is 18.5 Å². The molecule has 1 aromatic rings. The summed E-state index contributed by atoms with van der Waals surface area (Å²) in [7, 11) is 2.19. The van der Waals surface area contributed by atoms with E-state index in [4.69, 9.17) is 4.99 Å². The summed E-state index contributed by atoms with van der Waals surface area (Å²) in [6.45, 7) is 15.7. The monoisotopic (exact) mass is 366 g/mol. The zero-order chi connectivity index (χ0) is 18.2. The van der Waals surface area contributed by atoms with E-state index >= 15 is 0 Å². The Hall–Kier alpha value is -1.18. The van der Waals surface area contributed by atoms with E-state index in [1.54, 1.807) is 11.3 Å². The van der Waals surface area contributed by atoms with E-state index in [-0.39, 0.29) is 0 Å². The zero-order valence-corrected chi connectivity index (χ0v) is 17.2. The predicted molar refractivity (Wildman–Crippen MR) is 108 cm³/mol. The molecule has 1 unspecified atom stereocenters. The first-order valence-electron chi connectivity index (χ1n) is 9.38. The second-order valence-corrected chi connectivity index (χ2v) is 8.03. The van der Waals surface area contributed by atoms with Gasteiger partial charge in [0.1, 0.15) is 5.01 Å². The fourth-order valence-corrected chi connectivity index (χ4v) is 3.67. The van der Waals surface area contributed by atoms with Crippen LogP contribution in [0.2, 0.25) is 0 Å². The van der Waals surface area contributed by atoms with E-state index in [9.17, 15) is 0 Å². The molecule has 0 bridgehead atoms. The van der Waals surface area contributed by atoms with Crippen LogP contribution in [0.5, 0.6) is 0 Å². The zero-order valence-electron chi connectivity index (χ0n) is 16.4. The molecule has 1 fully saturated rings. The SMILES string of the molecule is CCNC(=NCc1nc(C(C)C)cs1)NCC(C)N1CCN(C)CC1. The lowest BCUT2D eigenvalue weighted by molar-refractivity contribution is 0.120. The van der Waals surface area contributed by atoms with Crippen molar-refractivity contribution in [3.63, 3.8) is 0 Å². The van der Waals surface area contributed by atoms with Crippen molar-refractivity contribution in [3.8, 4) is 0 Å². The van der Waals surface area contributed by atoms with Crippen molar-refractivity contribution >= 4 is 17.3 Å². The highest BCUT2D eigenvalue weighted by molar-refractivity contribution is 7.09. The van der Waals surface area contributed by atoms with Crippen molar-refractivity contribution in [1.82, 2.24) is 25.4 Å². The van der Waals surface area contributed by atoms with Crippen LogP contribution in [0.4, 0.5) is 0 Å². The first kappa shape index (κ1) is 20.1. The predicted octanol–water partition coefficient (Wildman–Crippen LogP) is 1.96. The van der Waals surface area contributed by atoms with Crippen molar-refractivity contribution in [2.24, 2.45) is 4.99 Å². The lowest BCUT2D eigenvalue weighted by atomic mass is 10.2. The number of hydrogen-bond acceptors (Lipinski definition) is 5. The molecule has 0 aromatic carbocycles. The van der Waals surface area contributed by atoms with Gasteiger partial charge in [-0.2, -0.15) is 0 Å². The van der Waals surface area contributed by atoms with E-state index in [0.717, 1.165) is 55.9 Å². The third-order valence-corrected chi connectivity index (χ3v) is 5.46. The van der Waals surface area contributed by atoms with Gasteiger partial charge in [0.25, 0.3) is 0 Å². The minimum absolute atomic E-state index is 0.477. The Morgan fingerprint density at radius 1 is 1.24 bits per heavy atom. The van der Waals surface area contributed by atoms with E-state index in [1.165, 1.54) is 0 Å². The van der Waals surface area contributed by atoms with Crippen LogP contribution in [0.15, 0.2) is 10.4 Å². The second-order valence-electron chi connectivity index (χ2n) is 7.09. The average molecular weight is 367 g/mol. The largest absolute Gasteiger partial charge is 0.357 e. The Kier molecular flexibility index (Phi) is 8.12. The van der Waals surface area contributed by atoms with Crippen LogP contribution in [0.3, 0.4) is 0 Å². The van der Waals surface area contributed by atoms with Crippen LogP contribution < -0.4 is 10.6 Å². The number of aromatic nitrogens is 1. The molecule has 2 N–H and O–H groups in total. The molecule has 7 heteroatoms. The number of nitrogens with zero attached hydrogens (tertiary/aromatic N) is 4. The highest BCUT2D eigenvalue weighted by Gasteiger charge is 2.19. The maximum Gasteiger partial charge on any atom is 0.191 e. The molecule has 142 valence electrons. The smallest absolute Gasteiger partial charge is 0.191 e. The fourth-order valence-electron chi connectivity index (χ4n) is 2.79. The highest BCUT2D eigenvalue weighted by Crippen LogP contribution is 2.18. The summed E-state index contributed by atoms with van der Waals surface area (Å²) in [5.41, 5.74) is 1.16. The van der Waals surface area contributed by atoms with Gasteiger partial charge in [-0.25, -0.2) is 9.98 Å². The van der Waals surface area contributed by atoms with E-state index in [2.05, 4.69) is 65.5 Å². The van der Waals surface area contributed by atoms with Gasteiger partial charge in [0.2, 0.25) is 0 Å². The lowest BCUT2D eigenvalue weighted by Gasteiger charge is -2.36. The number of rotatable bonds is 7. The Morgan fingerprint density at radius 2 is 1.96 bits per heavy atom. The fraction of sp³-hybridized carbons (Fsp3) is 0.778. The van der Waals surface area contributed by atoms with Crippen molar-refractivity contribution in [3.05, 3.63) is 16.1 Å². The number of piperazine rings is 1. The van der Waals surface area contributed by atoms with E-state index < -0.39 is 0 Å². The summed E-state index contributed by atoms with van der Waals surface area (Å²) in [4.78, 5) is 14.3. The third kappa shape index (κ3) is 6.56. The van der Waals surface area contributed by atoms with Gasteiger partial charge in [-0.15, -0.1) is 11.3 Å². The summed E-state index contributed by atoms with van der Waals surface area (Å²) in [6.07, 6.45) is 0. The van der Waals surface area contributed by atoms with Crippen LogP contribution in [0.1, 0.15) is 44.3 Å². The van der Waals surface area contributed by atoms with Gasteiger partial charge in [-0.1, -0.05) is 13.8 Å². The minimum Gasteiger partial charge on any atom is -0.357 e. The first-order valence-corrected chi connectivity index (χ1v) is 10.3. The summed E-state index contributed by atoms with van der Waals surface area (Å²) in [5, 5.41) is 10.0. The van der Waals surface area contributed by atoms with Crippen LogP contribution in [0.25, 0.3) is 0 Å². The van der Waals surface area contributed by atoms with Crippen LogP contribution >= 0.6 is 11.3 Å². The van der Waals surface area contributed by atoms with E-state index in [1.807, 2.05) is 0 Å². The molecule has 1 atom stereocenters. The van der Waals surface area contributed by atoms with Gasteiger partial charge in [0.15, 0.2) is 5.96 Å². The van der Waals surface area contributed by atoms with Gasteiger partial charge < -0.3 is 15.5 Å². The summed E-state index contributed by atoms with van der Waals surface area (Å²) in [6, 6.07) is 0.505. The Labute approximate surface area is 156 Å². The molecule has 0 radical (unpaired) electrons. The van der Waals surface area contributed by atoms with Gasteiger partial charge in [0.05, 0.1) is 12.2 Å². The maximum atomic E-state index is 4.70. The van der Waals surface area contributed by atoms with Crippen molar-refractivity contribution in [1.29, 1.82) is 0 Å². The molecule has 2 heterocycles. The number of hydrogen-bond donors (Lipinski definition) is 2. The van der Waals surface area contributed by atoms with Gasteiger partial charge >= 0.3 is 0 Å². The number of aliphatic imine (C=N–C) groups is 1. The molecule has 0 spiro atoms. The Balaban J connectivity index is 1.84. The van der Waals surface area contributed by atoms with Crippen molar-refractivity contribution < 1.29 is 0 Å². The molecule has 0 saturated carbocycles. The lowest BCUT2D eigenvalue weighted by Crippen LogP contribution is -2.52. The van der Waals surface area contributed by atoms with Gasteiger partial charge in [-0.05, 0) is 26.8 Å². The van der Waals surface area contributed by atoms with Crippen molar-refractivity contribution in [2.75, 3.05) is 46.3 Å². The average Bonchev–Trinajstić information content (AvgIpc) is 3.07. The maximum absolute atomic E-state index is 4.70. The second kappa shape index (κ2) is 10.1. The molecule has 25 heavy (non-hydrogen) atoms. The highest BCUT2D eigenvalue weighted by atomic mass is 32.1. The Bertz CT molecular complexity index is 533. The Morgan fingerprint density at radius 3 is 2.56 bits per heavy atom. The molecule has 0 amide bonds. The summed E-state index contributed by atoms with van der Waals surface area (Å²) in [5.74, 6) is 1.36. The third-order valence-electron chi connectivity index (χ3n) is 4.60. The molecule has 1 aromatic heterocycles. The summed E-state index contributed by atoms with van der Waals surface area (Å²) < 4.78 is 0. The summed E-state index contributed by atoms with van der Waals surface area (Å²) >= 11 is 1.70. The van der Waals surface area contributed by atoms with Crippen molar-refractivity contribution in [2.45, 2.75) is 46.2 Å². The quantitative estimate of drug-likeness (QED) is 0.571. The molecule has 1 aliphatic heterocycles. The minimum atomic E-state index is 0.477. The van der Waals surface area contributed by atoms with Gasteiger partial charge in [-0.3, -0.25) is 4.90 Å². The number of likely N-dealkylation sites (N-methyl/N-ethyl adjacent to an activating group) is 1. The molecule has 2 rings (SSSR count). The molecule has 1 aliphatic rings. The molecular weight excluding hydrogens is 332 g/mol. The molecule has 6 nitrogen and oxygen atoms in total.